The van der Waals surface area contributed by atoms with Gasteiger partial charge in [0.1, 0.15) is 6.61 Å². The Bertz CT molecular complexity index is 294. The number of carbonyl (C=O) groups excluding carboxylic acids is 1. The Morgan fingerprint density at radius 3 is 2.70 bits per heavy atom. The number of ether oxygens (including phenoxy) is 1. The highest BCUT2D eigenvalue weighted by atomic mass is 16.5. The zero-order chi connectivity index (χ0) is 15.1. The molecule has 1 aliphatic carbocycles. The minimum atomic E-state index is 0.0842. The van der Waals surface area contributed by atoms with Gasteiger partial charge in [-0.3, -0.25) is 4.79 Å². The third-order valence-corrected chi connectivity index (χ3v) is 4.51. The van der Waals surface area contributed by atoms with Gasteiger partial charge < -0.3 is 15.0 Å². The van der Waals surface area contributed by atoms with Crippen LogP contribution < -0.4 is 5.32 Å². The Kier molecular flexibility index (Phi) is 7.52. The van der Waals surface area contributed by atoms with Gasteiger partial charge in [0.15, 0.2) is 0 Å². The summed E-state index contributed by atoms with van der Waals surface area (Å²) in [6.07, 6.45) is 3.86. The molecule has 0 bridgehead atoms. The summed E-state index contributed by atoms with van der Waals surface area (Å²) < 4.78 is 5.98. The van der Waals surface area contributed by atoms with Gasteiger partial charge in [-0.05, 0) is 37.6 Å². The fraction of sp³-hybridized carbons (Fsp3) is 0.938. The van der Waals surface area contributed by atoms with E-state index in [9.17, 15) is 4.79 Å². The maximum atomic E-state index is 12.0. The predicted octanol–water partition coefficient (Wildman–Crippen LogP) is 2.14. The van der Waals surface area contributed by atoms with Crippen LogP contribution >= 0.6 is 0 Å². The largest absolute Gasteiger partial charge is 0.368 e. The molecule has 0 spiro atoms. The zero-order valence-corrected chi connectivity index (χ0v) is 13.8. The van der Waals surface area contributed by atoms with Crippen LogP contribution in [0.3, 0.4) is 0 Å². The molecule has 3 unspecified atom stereocenters. The van der Waals surface area contributed by atoms with E-state index >= 15 is 0 Å². The monoisotopic (exact) mass is 284 g/mol. The van der Waals surface area contributed by atoms with Crippen LogP contribution in [-0.4, -0.2) is 50.7 Å². The van der Waals surface area contributed by atoms with Crippen LogP contribution in [0.1, 0.15) is 40.0 Å². The first-order valence-corrected chi connectivity index (χ1v) is 7.95. The molecule has 1 rings (SSSR count). The lowest BCUT2D eigenvalue weighted by Crippen LogP contribution is -2.39. The normalized spacial score (nSPS) is 26.8. The van der Waals surface area contributed by atoms with E-state index < -0.39 is 0 Å². The highest BCUT2D eigenvalue weighted by Crippen LogP contribution is 2.35. The quantitative estimate of drug-likeness (QED) is 0.779. The summed E-state index contributed by atoms with van der Waals surface area (Å²) in [6.45, 7) is 8.58. The van der Waals surface area contributed by atoms with Gasteiger partial charge in [0.25, 0.3) is 0 Å². The van der Waals surface area contributed by atoms with Crippen molar-refractivity contribution in [2.75, 3.05) is 33.8 Å². The topological polar surface area (TPSA) is 41.6 Å². The highest BCUT2D eigenvalue weighted by molar-refractivity contribution is 5.77. The number of nitrogens with one attached hydrogen (secondary N) is 1. The number of likely N-dealkylation sites (N-methyl/N-ethyl adjacent to an activating group) is 2. The standard InChI is InChI=1S/C16H32N2O2/c1-12(2)14-7-6-13(3)10-15(14)20-11-16(19)18(5)9-8-17-4/h12-15,17H,6-11H2,1-5H3. The number of amides is 1. The summed E-state index contributed by atoms with van der Waals surface area (Å²) in [5.41, 5.74) is 0. The molecule has 0 aromatic carbocycles. The molecule has 1 aliphatic rings. The van der Waals surface area contributed by atoms with Gasteiger partial charge in [0.2, 0.25) is 5.91 Å². The summed E-state index contributed by atoms with van der Waals surface area (Å²) in [6, 6.07) is 0. The molecule has 1 N–H and O–H groups in total. The molecule has 4 heteroatoms. The Morgan fingerprint density at radius 1 is 1.40 bits per heavy atom. The molecule has 1 fully saturated rings. The number of hydrogen-bond acceptors (Lipinski definition) is 3. The SMILES string of the molecule is CNCCN(C)C(=O)COC1CC(C)CCC1C(C)C. The number of nitrogens with zero attached hydrogens (tertiary/aromatic N) is 1. The van der Waals surface area contributed by atoms with Crippen LogP contribution in [0.2, 0.25) is 0 Å². The zero-order valence-electron chi connectivity index (χ0n) is 13.8. The highest BCUT2D eigenvalue weighted by Gasteiger charge is 2.31. The van der Waals surface area contributed by atoms with Crippen LogP contribution in [0.15, 0.2) is 0 Å². The van der Waals surface area contributed by atoms with Crippen molar-refractivity contribution < 1.29 is 9.53 Å². The van der Waals surface area contributed by atoms with Crippen LogP contribution in [-0.2, 0) is 9.53 Å². The molecule has 0 heterocycles. The molecule has 0 saturated heterocycles. The van der Waals surface area contributed by atoms with Crippen molar-refractivity contribution in [3.05, 3.63) is 0 Å². The average molecular weight is 284 g/mol. The van der Waals surface area contributed by atoms with Crippen LogP contribution in [0.4, 0.5) is 0 Å². The molecule has 4 nitrogen and oxygen atoms in total. The van der Waals surface area contributed by atoms with Gasteiger partial charge in [0, 0.05) is 20.1 Å². The molecular formula is C16H32N2O2. The number of hydrogen-bond donors (Lipinski definition) is 1. The van der Waals surface area contributed by atoms with Crippen LogP contribution in [0.5, 0.6) is 0 Å². The third-order valence-electron chi connectivity index (χ3n) is 4.51. The molecular weight excluding hydrogens is 252 g/mol. The van der Waals surface area contributed by atoms with Crippen LogP contribution in [0, 0.1) is 17.8 Å². The van der Waals surface area contributed by atoms with Crippen molar-refractivity contribution in [1.82, 2.24) is 10.2 Å². The van der Waals surface area contributed by atoms with Crippen LogP contribution in [0.25, 0.3) is 0 Å². The van der Waals surface area contributed by atoms with Gasteiger partial charge >= 0.3 is 0 Å². The average Bonchev–Trinajstić information content (AvgIpc) is 2.41. The summed E-state index contributed by atoms with van der Waals surface area (Å²) in [7, 11) is 3.73. The van der Waals surface area contributed by atoms with Gasteiger partial charge in [-0.2, -0.15) is 0 Å². The second-order valence-electron chi connectivity index (χ2n) is 6.59. The number of rotatable bonds is 7. The first-order valence-electron chi connectivity index (χ1n) is 7.95. The van der Waals surface area contributed by atoms with Gasteiger partial charge in [-0.15, -0.1) is 0 Å². The van der Waals surface area contributed by atoms with E-state index in [0.29, 0.717) is 17.8 Å². The fourth-order valence-electron chi connectivity index (χ4n) is 3.00. The third kappa shape index (κ3) is 5.41. The van der Waals surface area contributed by atoms with E-state index in [1.165, 1.54) is 12.8 Å². The minimum Gasteiger partial charge on any atom is -0.368 e. The van der Waals surface area contributed by atoms with E-state index in [1.807, 2.05) is 14.1 Å². The van der Waals surface area contributed by atoms with Crippen molar-refractivity contribution in [2.24, 2.45) is 17.8 Å². The van der Waals surface area contributed by atoms with E-state index in [-0.39, 0.29) is 18.6 Å². The molecule has 20 heavy (non-hydrogen) atoms. The van der Waals surface area contributed by atoms with Gasteiger partial charge in [-0.1, -0.05) is 27.2 Å². The Hall–Kier alpha value is -0.610. The second-order valence-corrected chi connectivity index (χ2v) is 6.59. The smallest absolute Gasteiger partial charge is 0.248 e. The second kappa shape index (κ2) is 8.63. The lowest BCUT2D eigenvalue weighted by molar-refractivity contribution is -0.140. The molecule has 0 aromatic heterocycles. The van der Waals surface area contributed by atoms with Crippen molar-refractivity contribution >= 4 is 5.91 Å². The Labute approximate surface area is 124 Å². The van der Waals surface area contributed by atoms with E-state index in [1.54, 1.807) is 4.90 Å². The molecule has 0 aromatic rings. The van der Waals surface area contributed by atoms with E-state index in [0.717, 1.165) is 19.5 Å². The van der Waals surface area contributed by atoms with E-state index in [2.05, 4.69) is 26.1 Å². The van der Waals surface area contributed by atoms with Crippen molar-refractivity contribution in [3.8, 4) is 0 Å². The van der Waals surface area contributed by atoms with Crippen molar-refractivity contribution in [3.63, 3.8) is 0 Å². The fourth-order valence-corrected chi connectivity index (χ4v) is 3.00. The maximum absolute atomic E-state index is 12.0. The van der Waals surface area contributed by atoms with Gasteiger partial charge in [0.05, 0.1) is 6.10 Å². The van der Waals surface area contributed by atoms with E-state index in [4.69, 9.17) is 4.74 Å². The summed E-state index contributed by atoms with van der Waals surface area (Å²) >= 11 is 0. The van der Waals surface area contributed by atoms with Gasteiger partial charge in [-0.25, -0.2) is 0 Å². The predicted molar refractivity (Wildman–Crippen MR) is 82.6 cm³/mol. The van der Waals surface area contributed by atoms with Crippen molar-refractivity contribution in [1.29, 1.82) is 0 Å². The first kappa shape index (κ1) is 17.4. The van der Waals surface area contributed by atoms with Crippen molar-refractivity contribution in [2.45, 2.75) is 46.1 Å². The Morgan fingerprint density at radius 2 is 2.10 bits per heavy atom. The molecule has 0 aliphatic heterocycles. The summed E-state index contributed by atoms with van der Waals surface area (Å²) in [5, 5.41) is 3.05. The summed E-state index contributed by atoms with van der Waals surface area (Å²) in [4.78, 5) is 13.8. The molecule has 118 valence electrons. The molecule has 1 saturated carbocycles. The lowest BCUT2D eigenvalue weighted by Gasteiger charge is -2.37. The Balaban J connectivity index is 2.42. The molecule has 1 amide bonds. The molecule has 0 radical (unpaired) electrons. The minimum absolute atomic E-state index is 0.0842. The lowest BCUT2D eigenvalue weighted by atomic mass is 9.75. The molecule has 3 atom stereocenters. The maximum Gasteiger partial charge on any atom is 0.248 e. The first-order chi connectivity index (χ1) is 9.45. The number of carbonyl (C=O) groups is 1. The summed E-state index contributed by atoms with van der Waals surface area (Å²) in [5.74, 6) is 2.03.